The molecule has 0 radical (unpaired) electrons. The quantitative estimate of drug-likeness (QED) is 0.792. The van der Waals surface area contributed by atoms with Gasteiger partial charge in [0.15, 0.2) is 0 Å². The van der Waals surface area contributed by atoms with E-state index >= 15 is 0 Å². The third kappa shape index (κ3) is 2.85. The molecule has 1 saturated carbocycles. The molecule has 0 bridgehead atoms. The van der Waals surface area contributed by atoms with Crippen molar-refractivity contribution in [1.82, 2.24) is 10.6 Å². The predicted molar refractivity (Wildman–Crippen MR) is 60.8 cm³/mol. The van der Waals surface area contributed by atoms with Crippen LogP contribution in [0.5, 0.6) is 0 Å². The fourth-order valence-corrected chi connectivity index (χ4v) is 1.66. The van der Waals surface area contributed by atoms with E-state index in [-0.39, 0.29) is 17.5 Å². The second-order valence-electron chi connectivity index (χ2n) is 4.72. The highest BCUT2D eigenvalue weighted by Gasteiger charge is 2.39. The molecule has 1 aromatic rings. The van der Waals surface area contributed by atoms with Gasteiger partial charge in [0.05, 0.1) is 18.8 Å². The molecule has 0 aliphatic heterocycles. The molecule has 16 heavy (non-hydrogen) atoms. The molecular weight excluding hydrogens is 204 g/mol. The minimum atomic E-state index is -0.150. The van der Waals surface area contributed by atoms with Crippen LogP contribution in [0.4, 0.5) is 0 Å². The summed E-state index contributed by atoms with van der Waals surface area (Å²) in [5, 5.41) is 6.16. The molecule has 1 heterocycles. The standard InChI is InChI=1S/C12H18N2O2/c1-9(14-12(2)5-6-12)11(15)13-8-10-4-3-7-16-10/h3-4,7,9,14H,5-6,8H2,1-2H3,(H,13,15). The van der Waals surface area contributed by atoms with E-state index in [1.807, 2.05) is 19.1 Å². The largest absolute Gasteiger partial charge is 0.467 e. The summed E-state index contributed by atoms with van der Waals surface area (Å²) in [6.07, 6.45) is 3.92. The minimum Gasteiger partial charge on any atom is -0.467 e. The summed E-state index contributed by atoms with van der Waals surface area (Å²) in [7, 11) is 0. The Hall–Kier alpha value is -1.29. The van der Waals surface area contributed by atoms with Crippen LogP contribution in [0.15, 0.2) is 22.8 Å². The molecule has 2 N–H and O–H groups in total. The number of hydrogen-bond donors (Lipinski definition) is 2. The van der Waals surface area contributed by atoms with Crippen molar-refractivity contribution in [1.29, 1.82) is 0 Å². The van der Waals surface area contributed by atoms with Crippen molar-refractivity contribution in [3.8, 4) is 0 Å². The molecule has 1 aliphatic rings. The van der Waals surface area contributed by atoms with Crippen molar-refractivity contribution >= 4 is 5.91 Å². The maximum Gasteiger partial charge on any atom is 0.237 e. The lowest BCUT2D eigenvalue weighted by Crippen LogP contribution is -2.46. The summed E-state index contributed by atoms with van der Waals surface area (Å²) in [5.41, 5.74) is 0.182. The lowest BCUT2D eigenvalue weighted by Gasteiger charge is -2.18. The average molecular weight is 222 g/mol. The number of nitrogens with one attached hydrogen (secondary N) is 2. The van der Waals surface area contributed by atoms with Crippen LogP contribution in [-0.2, 0) is 11.3 Å². The Morgan fingerprint density at radius 2 is 2.38 bits per heavy atom. The summed E-state index contributed by atoms with van der Waals surface area (Å²) in [6, 6.07) is 3.51. The van der Waals surface area contributed by atoms with Crippen molar-refractivity contribution in [3.05, 3.63) is 24.2 Å². The Kier molecular flexibility index (Phi) is 3.01. The summed E-state index contributed by atoms with van der Waals surface area (Å²) >= 11 is 0. The molecule has 1 aliphatic carbocycles. The van der Waals surface area contributed by atoms with Crippen LogP contribution in [0.1, 0.15) is 32.4 Å². The number of carbonyl (C=O) groups excluding carboxylic acids is 1. The molecule has 1 atom stereocenters. The van der Waals surface area contributed by atoms with Gasteiger partial charge in [-0.2, -0.15) is 0 Å². The molecular formula is C12H18N2O2. The summed E-state index contributed by atoms with van der Waals surface area (Å²) in [4.78, 5) is 11.7. The van der Waals surface area contributed by atoms with Crippen LogP contribution < -0.4 is 10.6 Å². The van der Waals surface area contributed by atoms with E-state index in [9.17, 15) is 4.79 Å². The van der Waals surface area contributed by atoms with Crippen molar-refractivity contribution < 1.29 is 9.21 Å². The van der Waals surface area contributed by atoms with Gasteiger partial charge < -0.3 is 15.1 Å². The Morgan fingerprint density at radius 1 is 1.62 bits per heavy atom. The second-order valence-corrected chi connectivity index (χ2v) is 4.72. The van der Waals surface area contributed by atoms with Gasteiger partial charge in [0.25, 0.3) is 0 Å². The molecule has 0 aromatic carbocycles. The molecule has 4 heteroatoms. The third-order valence-corrected chi connectivity index (χ3v) is 2.98. The van der Waals surface area contributed by atoms with Crippen LogP contribution in [0.2, 0.25) is 0 Å². The molecule has 1 fully saturated rings. The van der Waals surface area contributed by atoms with E-state index in [1.165, 1.54) is 0 Å². The van der Waals surface area contributed by atoms with Crippen molar-refractivity contribution in [2.45, 2.75) is 44.8 Å². The molecule has 0 spiro atoms. The minimum absolute atomic E-state index is 0.0181. The first kappa shape index (κ1) is 11.2. The number of carbonyl (C=O) groups is 1. The van der Waals surface area contributed by atoms with E-state index in [2.05, 4.69) is 17.6 Å². The molecule has 2 rings (SSSR count). The van der Waals surface area contributed by atoms with Crippen molar-refractivity contribution in [3.63, 3.8) is 0 Å². The van der Waals surface area contributed by atoms with Crippen molar-refractivity contribution in [2.75, 3.05) is 0 Å². The number of amides is 1. The number of rotatable bonds is 5. The first-order chi connectivity index (χ1) is 7.59. The second kappa shape index (κ2) is 4.29. The SMILES string of the molecule is CC(NC1(C)CC1)C(=O)NCc1ccco1. The first-order valence-electron chi connectivity index (χ1n) is 5.67. The zero-order chi connectivity index (χ0) is 11.6. The highest BCUT2D eigenvalue weighted by atomic mass is 16.3. The van der Waals surface area contributed by atoms with Crippen LogP contribution in [0.25, 0.3) is 0 Å². The first-order valence-corrected chi connectivity index (χ1v) is 5.67. The topological polar surface area (TPSA) is 54.3 Å². The summed E-state index contributed by atoms with van der Waals surface area (Å²) < 4.78 is 5.14. The van der Waals surface area contributed by atoms with Gasteiger partial charge in [-0.25, -0.2) is 0 Å². The third-order valence-electron chi connectivity index (χ3n) is 2.98. The monoisotopic (exact) mass is 222 g/mol. The maximum atomic E-state index is 11.7. The molecule has 1 amide bonds. The van der Waals surface area contributed by atoms with E-state index in [0.717, 1.165) is 18.6 Å². The van der Waals surface area contributed by atoms with Crippen LogP contribution >= 0.6 is 0 Å². The van der Waals surface area contributed by atoms with Gasteiger partial charge in [0.2, 0.25) is 5.91 Å². The van der Waals surface area contributed by atoms with Gasteiger partial charge >= 0.3 is 0 Å². The Morgan fingerprint density at radius 3 is 2.94 bits per heavy atom. The van der Waals surface area contributed by atoms with Gasteiger partial charge in [0.1, 0.15) is 5.76 Å². The van der Waals surface area contributed by atoms with Crippen molar-refractivity contribution in [2.24, 2.45) is 0 Å². The predicted octanol–water partition coefficient (Wildman–Crippen LogP) is 1.43. The zero-order valence-electron chi connectivity index (χ0n) is 9.75. The van der Waals surface area contributed by atoms with E-state index in [4.69, 9.17) is 4.42 Å². The van der Waals surface area contributed by atoms with E-state index < -0.39 is 0 Å². The Labute approximate surface area is 95.4 Å². The highest BCUT2D eigenvalue weighted by molar-refractivity contribution is 5.81. The Balaban J connectivity index is 1.74. The molecule has 1 aromatic heterocycles. The number of furan rings is 1. The smallest absolute Gasteiger partial charge is 0.237 e. The van der Waals surface area contributed by atoms with E-state index in [0.29, 0.717) is 6.54 Å². The molecule has 0 saturated heterocycles. The van der Waals surface area contributed by atoms with Gasteiger partial charge in [-0.05, 0) is 38.8 Å². The van der Waals surface area contributed by atoms with E-state index in [1.54, 1.807) is 6.26 Å². The van der Waals surface area contributed by atoms with Gasteiger partial charge in [-0.3, -0.25) is 4.79 Å². The molecule has 88 valence electrons. The lowest BCUT2D eigenvalue weighted by atomic mass is 10.2. The molecule has 1 unspecified atom stereocenters. The van der Waals surface area contributed by atoms with Gasteiger partial charge in [0, 0.05) is 5.54 Å². The maximum absolute atomic E-state index is 11.7. The van der Waals surface area contributed by atoms with Crippen LogP contribution in [0, 0.1) is 0 Å². The fourth-order valence-electron chi connectivity index (χ4n) is 1.66. The normalized spacial score (nSPS) is 19.1. The zero-order valence-corrected chi connectivity index (χ0v) is 9.75. The highest BCUT2D eigenvalue weighted by Crippen LogP contribution is 2.34. The Bertz CT molecular complexity index is 355. The van der Waals surface area contributed by atoms with Gasteiger partial charge in [-0.15, -0.1) is 0 Å². The fraction of sp³-hybridized carbons (Fsp3) is 0.583. The lowest BCUT2D eigenvalue weighted by molar-refractivity contribution is -0.123. The van der Waals surface area contributed by atoms with Gasteiger partial charge in [-0.1, -0.05) is 0 Å². The molecule has 4 nitrogen and oxygen atoms in total. The summed E-state index contributed by atoms with van der Waals surface area (Å²) in [6.45, 7) is 4.49. The van der Waals surface area contributed by atoms with Crippen LogP contribution in [0.3, 0.4) is 0 Å². The average Bonchev–Trinajstić information content (AvgIpc) is 2.80. The summed E-state index contributed by atoms with van der Waals surface area (Å²) in [5.74, 6) is 0.794. The van der Waals surface area contributed by atoms with Crippen LogP contribution in [-0.4, -0.2) is 17.5 Å². The number of hydrogen-bond acceptors (Lipinski definition) is 3.